The van der Waals surface area contributed by atoms with E-state index in [1.165, 1.54) is 205 Å². The Morgan fingerprint density at radius 2 is 0.679 bits per heavy atom. The quantitative estimate of drug-likeness (QED) is 0.0423. The molecule has 0 fully saturated rings. The first-order valence-corrected chi connectivity index (χ1v) is 25.3. The Labute approximate surface area is 331 Å². The number of nitrogens with one attached hydrogen (secondary N) is 1. The van der Waals surface area contributed by atoms with E-state index in [2.05, 4.69) is 19.2 Å². The minimum Gasteiger partial charge on any atom is -0.391 e. The maximum atomic E-state index is 12.6. The van der Waals surface area contributed by atoms with Crippen molar-refractivity contribution in [3.05, 3.63) is 0 Å². The second kappa shape index (κ2) is 41.0. The van der Waals surface area contributed by atoms with Gasteiger partial charge in [0.25, 0.3) is 10.1 Å². The smallest absolute Gasteiger partial charge is 0.266 e. The van der Waals surface area contributed by atoms with Gasteiger partial charge in [-0.1, -0.05) is 251 Å². The molecule has 3 N–H and O–H groups in total. The Balaban J connectivity index is 3.71. The van der Waals surface area contributed by atoms with Gasteiger partial charge in [0, 0.05) is 6.42 Å². The van der Waals surface area contributed by atoms with E-state index >= 15 is 0 Å². The number of hydrogen-bond acceptors (Lipinski definition) is 4. The first-order valence-electron chi connectivity index (χ1n) is 23.7. The molecular formula is C46H93NO5S. The molecule has 0 radical (unpaired) electrons. The van der Waals surface area contributed by atoms with Crippen molar-refractivity contribution in [1.29, 1.82) is 0 Å². The summed E-state index contributed by atoms with van der Waals surface area (Å²) in [6.07, 6.45) is 49.2. The van der Waals surface area contributed by atoms with E-state index < -0.39 is 28.0 Å². The van der Waals surface area contributed by atoms with Crippen LogP contribution in [0.2, 0.25) is 0 Å². The molecular weight excluding hydrogens is 679 g/mol. The topological polar surface area (TPSA) is 104 Å². The van der Waals surface area contributed by atoms with E-state index in [0.717, 1.165) is 38.5 Å². The summed E-state index contributed by atoms with van der Waals surface area (Å²) in [6, 6.07) is -0.964. The molecule has 0 aliphatic rings. The summed E-state index contributed by atoms with van der Waals surface area (Å²) in [6.45, 7) is 4.55. The number of rotatable bonds is 44. The second-order valence-corrected chi connectivity index (χ2v) is 18.3. The monoisotopic (exact) mass is 772 g/mol. The van der Waals surface area contributed by atoms with Gasteiger partial charge < -0.3 is 10.4 Å². The Morgan fingerprint density at radius 1 is 0.434 bits per heavy atom. The molecule has 6 nitrogen and oxygen atoms in total. The van der Waals surface area contributed by atoms with Gasteiger partial charge in [-0.05, 0) is 12.8 Å². The number of carbonyl (C=O) groups is 1. The van der Waals surface area contributed by atoms with Gasteiger partial charge in [0.2, 0.25) is 5.91 Å². The number of unbranched alkanes of at least 4 members (excludes halogenated alkanes) is 36. The van der Waals surface area contributed by atoms with E-state index in [0.29, 0.717) is 12.8 Å². The van der Waals surface area contributed by atoms with Crippen LogP contribution in [0.5, 0.6) is 0 Å². The fraction of sp³-hybridized carbons (Fsp3) is 0.978. The summed E-state index contributed by atoms with van der Waals surface area (Å²) in [4.78, 5) is 12.6. The van der Waals surface area contributed by atoms with Crippen LogP contribution in [0, 0.1) is 0 Å². The van der Waals surface area contributed by atoms with Crippen molar-refractivity contribution in [2.24, 2.45) is 0 Å². The summed E-state index contributed by atoms with van der Waals surface area (Å²) < 4.78 is 32.6. The van der Waals surface area contributed by atoms with Gasteiger partial charge >= 0.3 is 0 Å². The van der Waals surface area contributed by atoms with Crippen LogP contribution in [0.4, 0.5) is 0 Å². The number of aliphatic hydroxyl groups excluding tert-OH is 1. The highest BCUT2D eigenvalue weighted by Gasteiger charge is 2.26. The molecule has 0 saturated carbocycles. The Hall–Kier alpha value is -0.660. The summed E-state index contributed by atoms with van der Waals surface area (Å²) in [5.74, 6) is -0.879. The zero-order chi connectivity index (χ0) is 38.9. The molecule has 0 aliphatic carbocycles. The van der Waals surface area contributed by atoms with Crippen molar-refractivity contribution >= 4 is 16.0 Å². The fourth-order valence-corrected chi connectivity index (χ4v) is 8.51. The minimum absolute atomic E-state index is 0.238. The largest absolute Gasteiger partial charge is 0.391 e. The van der Waals surface area contributed by atoms with Crippen LogP contribution < -0.4 is 5.32 Å². The molecule has 1 amide bonds. The molecule has 0 spiro atoms. The third kappa shape index (κ3) is 42.3. The number of aliphatic hydroxyl groups is 1. The predicted molar refractivity (Wildman–Crippen MR) is 230 cm³/mol. The van der Waals surface area contributed by atoms with Crippen molar-refractivity contribution in [1.82, 2.24) is 5.32 Å². The molecule has 2 unspecified atom stereocenters. The molecule has 0 rings (SSSR count). The number of amides is 1. The summed E-state index contributed by atoms with van der Waals surface area (Å²) >= 11 is 0. The zero-order valence-electron chi connectivity index (χ0n) is 35.7. The van der Waals surface area contributed by atoms with Crippen LogP contribution in [0.1, 0.15) is 271 Å². The van der Waals surface area contributed by atoms with Crippen LogP contribution in [-0.4, -0.2) is 41.9 Å². The average molecular weight is 772 g/mol. The molecule has 53 heavy (non-hydrogen) atoms. The summed E-state index contributed by atoms with van der Waals surface area (Å²) in [5, 5.41) is 13.4. The third-order valence-corrected chi connectivity index (χ3v) is 12.1. The molecule has 0 aliphatic heterocycles. The first-order chi connectivity index (χ1) is 25.8. The molecule has 318 valence electrons. The average Bonchev–Trinajstić information content (AvgIpc) is 3.12. The molecule has 7 heteroatoms. The lowest BCUT2D eigenvalue weighted by molar-refractivity contribution is -0.122. The normalized spacial score (nSPS) is 13.1. The maximum absolute atomic E-state index is 12.6. The van der Waals surface area contributed by atoms with Gasteiger partial charge in [-0.2, -0.15) is 8.42 Å². The van der Waals surface area contributed by atoms with E-state index in [1.807, 2.05) is 0 Å². The third-order valence-electron chi connectivity index (χ3n) is 11.3. The predicted octanol–water partition coefficient (Wildman–Crippen LogP) is 14.4. The van der Waals surface area contributed by atoms with Crippen LogP contribution in [-0.2, 0) is 14.9 Å². The van der Waals surface area contributed by atoms with Crippen molar-refractivity contribution in [3.63, 3.8) is 0 Å². The van der Waals surface area contributed by atoms with Gasteiger partial charge in [-0.3, -0.25) is 9.35 Å². The van der Waals surface area contributed by atoms with Gasteiger partial charge in [0.1, 0.15) is 0 Å². The van der Waals surface area contributed by atoms with Crippen LogP contribution in [0.3, 0.4) is 0 Å². The highest BCUT2D eigenvalue weighted by Crippen LogP contribution is 2.17. The number of carbonyl (C=O) groups excluding carboxylic acids is 1. The van der Waals surface area contributed by atoms with Gasteiger partial charge in [-0.15, -0.1) is 0 Å². The minimum atomic E-state index is -4.31. The van der Waals surface area contributed by atoms with Gasteiger partial charge in [0.15, 0.2) is 0 Å². The van der Waals surface area contributed by atoms with Crippen molar-refractivity contribution < 1.29 is 22.9 Å². The van der Waals surface area contributed by atoms with Gasteiger partial charge in [0.05, 0.1) is 17.9 Å². The van der Waals surface area contributed by atoms with Crippen LogP contribution in [0.15, 0.2) is 0 Å². The standard InChI is InChI=1S/C46H93NO5S/c1-3-5-7-9-11-13-15-17-19-20-21-22-23-24-25-26-28-30-32-34-36-38-40-42-46(49)47-44(43-53(50,51)52)45(48)41-39-37-35-33-31-29-27-18-16-14-12-10-8-6-4-2/h44-45,48H,3-43H2,1-2H3,(H,47,49)(H,50,51,52). The first kappa shape index (κ1) is 52.3. The van der Waals surface area contributed by atoms with E-state index in [1.54, 1.807) is 0 Å². The molecule has 0 saturated heterocycles. The number of hydrogen-bond donors (Lipinski definition) is 3. The Bertz CT molecular complexity index is 851. The summed E-state index contributed by atoms with van der Waals surface area (Å²) in [7, 11) is -4.31. The van der Waals surface area contributed by atoms with Gasteiger partial charge in [-0.25, -0.2) is 0 Å². The second-order valence-electron chi connectivity index (χ2n) is 16.8. The lowest BCUT2D eigenvalue weighted by atomic mass is 10.0. The lowest BCUT2D eigenvalue weighted by Gasteiger charge is -2.23. The highest BCUT2D eigenvalue weighted by molar-refractivity contribution is 7.85. The van der Waals surface area contributed by atoms with Crippen molar-refractivity contribution in [2.75, 3.05) is 5.75 Å². The summed E-state index contributed by atoms with van der Waals surface area (Å²) in [5.41, 5.74) is 0. The SMILES string of the molecule is CCCCCCCCCCCCCCCCCCCCCCCCCC(=O)NC(CS(=O)(=O)O)C(O)CCCCCCCCCCCCCCCCC. The molecule has 0 aromatic rings. The fourth-order valence-electron chi connectivity index (χ4n) is 7.75. The zero-order valence-corrected chi connectivity index (χ0v) is 36.5. The lowest BCUT2D eigenvalue weighted by Crippen LogP contribution is -2.47. The molecule has 0 heterocycles. The molecule has 0 bridgehead atoms. The highest BCUT2D eigenvalue weighted by atomic mass is 32.2. The van der Waals surface area contributed by atoms with Crippen LogP contribution in [0.25, 0.3) is 0 Å². The van der Waals surface area contributed by atoms with Crippen molar-refractivity contribution in [2.45, 2.75) is 283 Å². The molecule has 0 aromatic heterocycles. The molecule has 2 atom stereocenters. The van der Waals surface area contributed by atoms with Crippen LogP contribution >= 0.6 is 0 Å². The van der Waals surface area contributed by atoms with Crippen molar-refractivity contribution in [3.8, 4) is 0 Å². The Kier molecular flexibility index (Phi) is 40.5. The van der Waals surface area contributed by atoms with E-state index in [-0.39, 0.29) is 5.91 Å². The Morgan fingerprint density at radius 3 is 0.943 bits per heavy atom. The molecule has 0 aromatic carbocycles. The van der Waals surface area contributed by atoms with E-state index in [4.69, 9.17) is 0 Å². The van der Waals surface area contributed by atoms with E-state index in [9.17, 15) is 22.9 Å². The maximum Gasteiger partial charge on any atom is 0.266 e.